The summed E-state index contributed by atoms with van der Waals surface area (Å²) in [4.78, 5) is 26.5. The Bertz CT molecular complexity index is 1260. The standard InChI is InChI=1S/C26H21ClN2O3S/c1-17-21(27)12-6-13-22(17)29-26(31)24(18-8-3-2-4-9-18)33-20-11-5-10-19(16-20)28-25(30)23-14-7-15-32-23/h2-16,24H,1H3,(H,28,30)(H,29,31). The third-order valence-corrected chi connectivity index (χ3v) is 6.61. The van der Waals surface area contributed by atoms with Gasteiger partial charge < -0.3 is 15.1 Å². The third kappa shape index (κ3) is 5.66. The number of furan rings is 1. The molecule has 0 radical (unpaired) electrons. The zero-order valence-electron chi connectivity index (χ0n) is 17.7. The molecule has 0 aliphatic rings. The maximum absolute atomic E-state index is 13.3. The number of carbonyl (C=O) groups is 2. The second-order valence-corrected chi connectivity index (χ2v) is 8.86. The van der Waals surface area contributed by atoms with E-state index in [1.54, 1.807) is 30.3 Å². The molecule has 0 saturated carbocycles. The van der Waals surface area contributed by atoms with Gasteiger partial charge in [0, 0.05) is 21.3 Å². The SMILES string of the molecule is Cc1c(Cl)cccc1NC(=O)C(Sc1cccc(NC(=O)c2ccco2)c1)c1ccccc1. The molecule has 1 aromatic heterocycles. The Morgan fingerprint density at radius 2 is 1.70 bits per heavy atom. The zero-order chi connectivity index (χ0) is 23.2. The smallest absolute Gasteiger partial charge is 0.291 e. The highest BCUT2D eigenvalue weighted by atomic mass is 35.5. The van der Waals surface area contributed by atoms with Gasteiger partial charge in [0.1, 0.15) is 5.25 Å². The number of hydrogen-bond acceptors (Lipinski definition) is 4. The molecule has 0 bridgehead atoms. The Hall–Kier alpha value is -3.48. The van der Waals surface area contributed by atoms with Crippen molar-refractivity contribution in [3.63, 3.8) is 0 Å². The van der Waals surface area contributed by atoms with Crippen LogP contribution < -0.4 is 10.6 Å². The lowest BCUT2D eigenvalue weighted by atomic mass is 10.1. The summed E-state index contributed by atoms with van der Waals surface area (Å²) >= 11 is 7.62. The minimum absolute atomic E-state index is 0.165. The summed E-state index contributed by atoms with van der Waals surface area (Å²) in [7, 11) is 0. The molecule has 4 aromatic rings. The van der Waals surface area contributed by atoms with E-state index in [0.717, 1.165) is 16.0 Å². The predicted octanol–water partition coefficient (Wildman–Crippen LogP) is 6.97. The maximum atomic E-state index is 13.3. The van der Waals surface area contributed by atoms with Gasteiger partial charge in [-0.15, -0.1) is 11.8 Å². The molecule has 7 heteroatoms. The Labute approximate surface area is 201 Å². The van der Waals surface area contributed by atoms with E-state index < -0.39 is 5.25 Å². The lowest BCUT2D eigenvalue weighted by Gasteiger charge is -2.18. The largest absolute Gasteiger partial charge is 0.459 e. The van der Waals surface area contributed by atoms with E-state index in [2.05, 4.69) is 10.6 Å². The van der Waals surface area contributed by atoms with Gasteiger partial charge in [-0.1, -0.05) is 54.1 Å². The number of anilines is 2. The molecular weight excluding hydrogens is 456 g/mol. The molecule has 33 heavy (non-hydrogen) atoms. The lowest BCUT2D eigenvalue weighted by molar-refractivity contribution is -0.115. The normalized spacial score (nSPS) is 11.6. The molecule has 2 amide bonds. The Morgan fingerprint density at radius 3 is 2.45 bits per heavy atom. The Morgan fingerprint density at radius 1 is 0.909 bits per heavy atom. The van der Waals surface area contributed by atoms with E-state index in [0.29, 0.717) is 16.4 Å². The van der Waals surface area contributed by atoms with Crippen molar-refractivity contribution < 1.29 is 14.0 Å². The summed E-state index contributed by atoms with van der Waals surface area (Å²) in [5.41, 5.74) is 2.96. The van der Waals surface area contributed by atoms with Crippen LogP contribution in [0.1, 0.15) is 26.9 Å². The quantitative estimate of drug-likeness (QED) is 0.283. The minimum Gasteiger partial charge on any atom is -0.459 e. The fraction of sp³-hybridized carbons (Fsp3) is 0.0769. The number of amides is 2. The highest BCUT2D eigenvalue weighted by Gasteiger charge is 2.23. The summed E-state index contributed by atoms with van der Waals surface area (Å²) in [6, 6.07) is 25.6. The van der Waals surface area contributed by atoms with Crippen molar-refractivity contribution >= 4 is 46.6 Å². The molecule has 4 rings (SSSR count). The van der Waals surface area contributed by atoms with Crippen LogP contribution >= 0.6 is 23.4 Å². The van der Waals surface area contributed by atoms with Crippen LogP contribution in [-0.2, 0) is 4.79 Å². The van der Waals surface area contributed by atoms with E-state index in [1.165, 1.54) is 18.0 Å². The molecule has 1 unspecified atom stereocenters. The minimum atomic E-state index is -0.513. The molecule has 3 aromatic carbocycles. The number of carbonyl (C=O) groups excluding carboxylic acids is 2. The van der Waals surface area contributed by atoms with Crippen LogP contribution in [0.25, 0.3) is 0 Å². The Balaban J connectivity index is 1.56. The van der Waals surface area contributed by atoms with Crippen LogP contribution in [0.4, 0.5) is 11.4 Å². The van der Waals surface area contributed by atoms with Crippen molar-refractivity contribution in [1.82, 2.24) is 0 Å². The molecule has 2 N–H and O–H groups in total. The monoisotopic (exact) mass is 476 g/mol. The maximum Gasteiger partial charge on any atom is 0.291 e. The van der Waals surface area contributed by atoms with Crippen LogP contribution in [0.2, 0.25) is 5.02 Å². The van der Waals surface area contributed by atoms with Gasteiger partial charge in [-0.25, -0.2) is 0 Å². The lowest BCUT2D eigenvalue weighted by Crippen LogP contribution is -2.19. The van der Waals surface area contributed by atoms with Gasteiger partial charge >= 0.3 is 0 Å². The van der Waals surface area contributed by atoms with Crippen LogP contribution in [0.5, 0.6) is 0 Å². The van der Waals surface area contributed by atoms with Crippen LogP contribution in [0, 0.1) is 6.92 Å². The van der Waals surface area contributed by atoms with Crippen LogP contribution in [0.3, 0.4) is 0 Å². The third-order valence-electron chi connectivity index (χ3n) is 4.96. The summed E-state index contributed by atoms with van der Waals surface area (Å²) in [5.74, 6) is -0.274. The van der Waals surface area contributed by atoms with E-state index in [4.69, 9.17) is 16.0 Å². The molecular formula is C26H21ClN2O3S. The number of nitrogens with one attached hydrogen (secondary N) is 2. The van der Waals surface area contributed by atoms with E-state index >= 15 is 0 Å². The van der Waals surface area contributed by atoms with Gasteiger partial charge in [0.15, 0.2) is 5.76 Å². The van der Waals surface area contributed by atoms with E-state index in [9.17, 15) is 9.59 Å². The average Bonchev–Trinajstić information content (AvgIpc) is 3.37. The molecule has 5 nitrogen and oxygen atoms in total. The molecule has 0 saturated heterocycles. The summed E-state index contributed by atoms with van der Waals surface area (Å²) in [5, 5.41) is 5.91. The van der Waals surface area contributed by atoms with Crippen LogP contribution in [-0.4, -0.2) is 11.8 Å². The van der Waals surface area contributed by atoms with E-state index in [1.807, 2.05) is 61.5 Å². The van der Waals surface area contributed by atoms with Crippen molar-refractivity contribution in [2.24, 2.45) is 0 Å². The summed E-state index contributed by atoms with van der Waals surface area (Å²) in [6.07, 6.45) is 1.45. The zero-order valence-corrected chi connectivity index (χ0v) is 19.3. The highest BCUT2D eigenvalue weighted by molar-refractivity contribution is 8.00. The summed E-state index contributed by atoms with van der Waals surface area (Å²) < 4.78 is 5.15. The first-order chi connectivity index (χ1) is 16.0. The molecule has 0 aliphatic carbocycles. The fourth-order valence-electron chi connectivity index (χ4n) is 3.23. The van der Waals surface area contributed by atoms with Gasteiger partial charge in [-0.2, -0.15) is 0 Å². The molecule has 0 spiro atoms. The van der Waals surface area contributed by atoms with Crippen molar-refractivity contribution in [2.45, 2.75) is 17.1 Å². The Kier molecular flexibility index (Phi) is 7.17. The van der Waals surface area contributed by atoms with Crippen molar-refractivity contribution in [1.29, 1.82) is 0 Å². The number of halogens is 1. The molecule has 1 heterocycles. The molecule has 1 atom stereocenters. The van der Waals surface area contributed by atoms with Crippen molar-refractivity contribution in [3.05, 3.63) is 113 Å². The van der Waals surface area contributed by atoms with Gasteiger partial charge in [0.2, 0.25) is 5.91 Å². The first-order valence-electron chi connectivity index (χ1n) is 10.2. The first-order valence-corrected chi connectivity index (χ1v) is 11.5. The van der Waals surface area contributed by atoms with Crippen LogP contribution in [0.15, 0.2) is 101 Å². The number of hydrogen-bond donors (Lipinski definition) is 2. The first kappa shape index (κ1) is 22.7. The summed E-state index contributed by atoms with van der Waals surface area (Å²) in [6.45, 7) is 1.87. The van der Waals surface area contributed by atoms with Gasteiger partial charge in [-0.05, 0) is 60.5 Å². The number of thioether (sulfide) groups is 1. The van der Waals surface area contributed by atoms with Gasteiger partial charge in [-0.3, -0.25) is 9.59 Å². The molecule has 166 valence electrons. The molecule has 0 fully saturated rings. The number of benzene rings is 3. The number of rotatable bonds is 7. The highest BCUT2D eigenvalue weighted by Crippen LogP contribution is 2.37. The average molecular weight is 477 g/mol. The second-order valence-electron chi connectivity index (χ2n) is 7.27. The van der Waals surface area contributed by atoms with Crippen molar-refractivity contribution in [2.75, 3.05) is 10.6 Å². The second kappa shape index (κ2) is 10.4. The van der Waals surface area contributed by atoms with Gasteiger partial charge in [0.05, 0.1) is 6.26 Å². The van der Waals surface area contributed by atoms with E-state index in [-0.39, 0.29) is 17.6 Å². The fourth-order valence-corrected chi connectivity index (χ4v) is 4.48. The molecule has 0 aliphatic heterocycles. The predicted molar refractivity (Wildman–Crippen MR) is 133 cm³/mol. The van der Waals surface area contributed by atoms with Gasteiger partial charge in [0.25, 0.3) is 5.91 Å². The topological polar surface area (TPSA) is 71.3 Å². The van der Waals surface area contributed by atoms with Crippen molar-refractivity contribution in [3.8, 4) is 0 Å².